The summed E-state index contributed by atoms with van der Waals surface area (Å²) in [5.41, 5.74) is -0.973. The van der Waals surface area contributed by atoms with Gasteiger partial charge in [-0.2, -0.15) is 0 Å². The van der Waals surface area contributed by atoms with Crippen LogP contribution in [-0.4, -0.2) is 12.8 Å². The van der Waals surface area contributed by atoms with Gasteiger partial charge in [-0.1, -0.05) is 12.1 Å². The van der Waals surface area contributed by atoms with Gasteiger partial charge in [0.25, 0.3) is 6.04 Å². The molecule has 0 bridgehead atoms. The lowest BCUT2D eigenvalue weighted by molar-refractivity contribution is 0.191. The standard InChI is InChI=1S/C12H14FNO/c1-12(2,13)11(14-3)9-7-5-6-8-10(9)15-4/h5-8,11H,1-2,4H3. The second-order valence-electron chi connectivity index (χ2n) is 3.84. The van der Waals surface area contributed by atoms with E-state index in [1.165, 1.54) is 21.0 Å². The number of ether oxygens (including phenoxy) is 1. The SMILES string of the molecule is [C-]#[N+]C(c1ccccc1OC)C(C)(C)F. The summed E-state index contributed by atoms with van der Waals surface area (Å²) < 4.78 is 18.9. The summed E-state index contributed by atoms with van der Waals surface area (Å²) >= 11 is 0. The van der Waals surface area contributed by atoms with Gasteiger partial charge in [0, 0.05) is 0 Å². The summed E-state index contributed by atoms with van der Waals surface area (Å²) in [5, 5.41) is 0. The Morgan fingerprint density at radius 3 is 2.47 bits per heavy atom. The molecule has 0 N–H and O–H groups in total. The summed E-state index contributed by atoms with van der Waals surface area (Å²) in [4.78, 5) is 3.33. The van der Waals surface area contributed by atoms with Crippen LogP contribution in [0.3, 0.4) is 0 Å². The van der Waals surface area contributed by atoms with Gasteiger partial charge in [-0.15, -0.1) is 0 Å². The van der Waals surface area contributed by atoms with Crippen LogP contribution in [0, 0.1) is 6.57 Å². The van der Waals surface area contributed by atoms with Crippen molar-refractivity contribution in [2.45, 2.75) is 25.6 Å². The van der Waals surface area contributed by atoms with Crippen LogP contribution in [0.25, 0.3) is 4.85 Å². The van der Waals surface area contributed by atoms with Crippen molar-refractivity contribution in [1.82, 2.24) is 0 Å². The van der Waals surface area contributed by atoms with Crippen LogP contribution in [0.15, 0.2) is 24.3 Å². The summed E-state index contributed by atoms with van der Waals surface area (Å²) in [6, 6.07) is 6.21. The first-order chi connectivity index (χ1) is 7.00. The van der Waals surface area contributed by atoms with Crippen LogP contribution in [-0.2, 0) is 0 Å². The third kappa shape index (κ3) is 2.47. The highest BCUT2D eigenvalue weighted by Gasteiger charge is 2.38. The molecule has 0 heterocycles. The Kier molecular flexibility index (Phi) is 3.31. The molecule has 0 saturated heterocycles. The number of nitrogens with zero attached hydrogens (tertiary/aromatic N) is 1. The highest BCUT2D eigenvalue weighted by atomic mass is 19.1. The van der Waals surface area contributed by atoms with Crippen molar-refractivity contribution < 1.29 is 9.13 Å². The molecule has 0 aliphatic carbocycles. The Labute approximate surface area is 89.5 Å². The second kappa shape index (κ2) is 4.31. The molecular weight excluding hydrogens is 193 g/mol. The summed E-state index contributed by atoms with van der Waals surface area (Å²) in [7, 11) is 1.52. The molecule has 1 atom stereocenters. The molecule has 3 heteroatoms. The molecule has 0 spiro atoms. The van der Waals surface area contributed by atoms with E-state index in [-0.39, 0.29) is 0 Å². The smallest absolute Gasteiger partial charge is 0.285 e. The molecule has 1 rings (SSSR count). The second-order valence-corrected chi connectivity index (χ2v) is 3.84. The summed E-state index contributed by atoms with van der Waals surface area (Å²) in [5.74, 6) is 0.559. The highest BCUT2D eigenvalue weighted by Crippen LogP contribution is 2.37. The minimum atomic E-state index is -1.57. The number of rotatable bonds is 3. The molecule has 1 aromatic carbocycles. The van der Waals surface area contributed by atoms with Crippen LogP contribution in [0.2, 0.25) is 0 Å². The number of halogens is 1. The molecule has 0 aliphatic rings. The van der Waals surface area contributed by atoms with Crippen molar-refractivity contribution in [3.63, 3.8) is 0 Å². The van der Waals surface area contributed by atoms with E-state index in [0.29, 0.717) is 11.3 Å². The van der Waals surface area contributed by atoms with Gasteiger partial charge in [0.1, 0.15) is 5.75 Å². The first kappa shape index (κ1) is 11.5. The molecule has 0 amide bonds. The normalized spacial score (nSPS) is 13.0. The molecule has 0 saturated carbocycles. The Morgan fingerprint density at radius 1 is 1.40 bits per heavy atom. The van der Waals surface area contributed by atoms with Gasteiger partial charge in [-0.3, -0.25) is 0 Å². The number of para-hydroxylation sites is 1. The Balaban J connectivity index is 3.20. The predicted molar refractivity (Wildman–Crippen MR) is 57.5 cm³/mol. The molecule has 80 valence electrons. The quantitative estimate of drug-likeness (QED) is 0.692. The lowest BCUT2D eigenvalue weighted by Gasteiger charge is -2.18. The number of methoxy groups -OCH3 is 1. The monoisotopic (exact) mass is 207 g/mol. The molecule has 0 radical (unpaired) electrons. The minimum absolute atomic E-state index is 0.559. The van der Waals surface area contributed by atoms with Crippen molar-refractivity contribution in [2.75, 3.05) is 7.11 Å². The molecule has 1 unspecified atom stereocenters. The highest BCUT2D eigenvalue weighted by molar-refractivity contribution is 5.38. The first-order valence-corrected chi connectivity index (χ1v) is 4.69. The maximum atomic E-state index is 13.8. The zero-order valence-electron chi connectivity index (χ0n) is 9.12. The van der Waals surface area contributed by atoms with E-state index in [2.05, 4.69) is 4.85 Å². The fourth-order valence-electron chi connectivity index (χ4n) is 1.49. The fourth-order valence-corrected chi connectivity index (χ4v) is 1.49. The van der Waals surface area contributed by atoms with Crippen molar-refractivity contribution in [3.8, 4) is 5.75 Å². The molecule has 2 nitrogen and oxygen atoms in total. The molecule has 0 aromatic heterocycles. The largest absolute Gasteiger partial charge is 0.496 e. The average Bonchev–Trinajstić information content (AvgIpc) is 2.17. The Bertz CT molecular complexity index is 376. The van der Waals surface area contributed by atoms with Crippen LogP contribution < -0.4 is 4.74 Å². The van der Waals surface area contributed by atoms with E-state index in [4.69, 9.17) is 11.3 Å². The molecular formula is C12H14FNO. The van der Waals surface area contributed by atoms with Gasteiger partial charge >= 0.3 is 0 Å². The predicted octanol–water partition coefficient (Wildman–Crippen LogP) is 3.40. The lowest BCUT2D eigenvalue weighted by atomic mass is 9.93. The van der Waals surface area contributed by atoms with Crippen LogP contribution >= 0.6 is 0 Å². The van der Waals surface area contributed by atoms with Crippen molar-refractivity contribution in [1.29, 1.82) is 0 Å². The summed E-state index contributed by atoms with van der Waals surface area (Å²) in [6.07, 6.45) is 0. The third-order valence-corrected chi connectivity index (χ3v) is 2.21. The third-order valence-electron chi connectivity index (χ3n) is 2.21. The van der Waals surface area contributed by atoms with Gasteiger partial charge in [0.15, 0.2) is 5.67 Å². The van der Waals surface area contributed by atoms with E-state index in [9.17, 15) is 4.39 Å². The Morgan fingerprint density at radius 2 is 2.00 bits per heavy atom. The zero-order chi connectivity index (χ0) is 11.5. The first-order valence-electron chi connectivity index (χ1n) is 4.69. The van der Waals surface area contributed by atoms with Gasteiger partial charge < -0.3 is 9.58 Å². The van der Waals surface area contributed by atoms with Crippen LogP contribution in [0.5, 0.6) is 5.75 Å². The topological polar surface area (TPSA) is 13.6 Å². The Hall–Kier alpha value is -1.56. The molecule has 1 aromatic rings. The average molecular weight is 207 g/mol. The molecule has 15 heavy (non-hydrogen) atoms. The summed E-state index contributed by atoms with van der Waals surface area (Å²) in [6.45, 7) is 9.86. The number of alkyl halides is 1. The maximum Gasteiger partial charge on any atom is 0.285 e. The van der Waals surface area contributed by atoms with Gasteiger partial charge in [-0.25, -0.2) is 11.0 Å². The number of hydrogen-bond donors (Lipinski definition) is 0. The minimum Gasteiger partial charge on any atom is -0.496 e. The van der Waals surface area contributed by atoms with E-state index in [1.54, 1.807) is 24.3 Å². The van der Waals surface area contributed by atoms with Crippen LogP contribution in [0.1, 0.15) is 25.5 Å². The zero-order valence-corrected chi connectivity index (χ0v) is 9.12. The van der Waals surface area contributed by atoms with E-state index >= 15 is 0 Å². The maximum absolute atomic E-state index is 13.8. The van der Waals surface area contributed by atoms with Crippen molar-refractivity contribution in [3.05, 3.63) is 41.2 Å². The van der Waals surface area contributed by atoms with Gasteiger partial charge in [0.2, 0.25) is 0 Å². The molecule has 0 aliphatic heterocycles. The van der Waals surface area contributed by atoms with Crippen LogP contribution in [0.4, 0.5) is 4.39 Å². The van der Waals surface area contributed by atoms with Gasteiger partial charge in [-0.05, 0) is 26.0 Å². The number of hydrogen-bond acceptors (Lipinski definition) is 1. The van der Waals surface area contributed by atoms with Crippen molar-refractivity contribution in [2.24, 2.45) is 0 Å². The van der Waals surface area contributed by atoms with Gasteiger partial charge in [0.05, 0.1) is 12.7 Å². The fraction of sp³-hybridized carbons (Fsp3) is 0.417. The van der Waals surface area contributed by atoms with E-state index < -0.39 is 11.7 Å². The molecule has 0 fully saturated rings. The van der Waals surface area contributed by atoms with E-state index in [1.807, 2.05) is 0 Å². The lowest BCUT2D eigenvalue weighted by Crippen LogP contribution is -2.21. The van der Waals surface area contributed by atoms with E-state index in [0.717, 1.165) is 0 Å². The van der Waals surface area contributed by atoms with Crippen molar-refractivity contribution >= 4 is 0 Å². The number of benzene rings is 1.